The Morgan fingerprint density at radius 2 is 2.21 bits per heavy atom. The Balaban J connectivity index is 1.73. The van der Waals surface area contributed by atoms with Crippen molar-refractivity contribution in [2.24, 2.45) is 5.10 Å². The SMILES string of the molecule is CCOc1ccc(Br)cc1/C=N\NC(=O)Cn1cnc2sc(C)c(C)c2c1=O. The van der Waals surface area contributed by atoms with Crippen molar-refractivity contribution in [1.29, 1.82) is 0 Å². The Hall–Kier alpha value is -2.52. The van der Waals surface area contributed by atoms with Crippen LogP contribution in [0.5, 0.6) is 5.75 Å². The van der Waals surface area contributed by atoms with Gasteiger partial charge in [-0.1, -0.05) is 15.9 Å². The second kappa shape index (κ2) is 8.66. The van der Waals surface area contributed by atoms with Gasteiger partial charge in [-0.25, -0.2) is 10.4 Å². The molecule has 0 saturated carbocycles. The zero-order chi connectivity index (χ0) is 20.3. The molecule has 1 aromatic carbocycles. The second-order valence-corrected chi connectivity index (χ2v) is 8.17. The number of hydrogen-bond acceptors (Lipinski definition) is 6. The predicted octanol–water partition coefficient (Wildman–Crippen LogP) is 3.39. The Kier molecular flexibility index (Phi) is 6.25. The first-order valence-corrected chi connectivity index (χ1v) is 10.2. The molecule has 0 fully saturated rings. The highest BCUT2D eigenvalue weighted by Crippen LogP contribution is 2.25. The third-order valence-electron chi connectivity index (χ3n) is 4.13. The number of nitrogens with zero attached hydrogens (tertiary/aromatic N) is 3. The molecule has 0 atom stereocenters. The van der Waals surface area contributed by atoms with Crippen molar-refractivity contribution in [1.82, 2.24) is 15.0 Å². The number of carbonyl (C=O) groups excluding carboxylic acids is 1. The average Bonchev–Trinajstić information content (AvgIpc) is 2.94. The molecule has 1 amide bonds. The van der Waals surface area contributed by atoms with E-state index in [0.717, 1.165) is 20.5 Å². The number of carbonyl (C=O) groups is 1. The van der Waals surface area contributed by atoms with Crippen molar-refractivity contribution in [3.05, 3.63) is 55.4 Å². The smallest absolute Gasteiger partial charge is 0.262 e. The van der Waals surface area contributed by atoms with Crippen LogP contribution in [0.15, 0.2) is 38.9 Å². The summed E-state index contributed by atoms with van der Waals surface area (Å²) in [7, 11) is 0. The molecule has 0 spiro atoms. The lowest BCUT2D eigenvalue weighted by atomic mass is 10.2. The zero-order valence-corrected chi connectivity index (χ0v) is 18.1. The Morgan fingerprint density at radius 1 is 1.43 bits per heavy atom. The van der Waals surface area contributed by atoms with Crippen LogP contribution in [0.25, 0.3) is 10.2 Å². The number of thiophene rings is 1. The molecule has 2 heterocycles. The lowest BCUT2D eigenvalue weighted by Gasteiger charge is -2.07. The summed E-state index contributed by atoms with van der Waals surface area (Å²) in [4.78, 5) is 30.9. The molecule has 0 radical (unpaired) electrons. The van der Waals surface area contributed by atoms with Gasteiger partial charge in [-0.2, -0.15) is 5.10 Å². The average molecular weight is 463 g/mol. The quantitative estimate of drug-likeness (QED) is 0.449. The minimum atomic E-state index is -0.419. The summed E-state index contributed by atoms with van der Waals surface area (Å²) in [5.74, 6) is 0.245. The molecule has 28 heavy (non-hydrogen) atoms. The summed E-state index contributed by atoms with van der Waals surface area (Å²) in [5.41, 5.74) is 3.84. The van der Waals surface area contributed by atoms with Crippen molar-refractivity contribution in [2.75, 3.05) is 6.61 Å². The number of amides is 1. The lowest BCUT2D eigenvalue weighted by molar-refractivity contribution is -0.121. The molecule has 0 saturated heterocycles. The van der Waals surface area contributed by atoms with Crippen LogP contribution in [0.1, 0.15) is 22.9 Å². The van der Waals surface area contributed by atoms with Crippen LogP contribution < -0.4 is 15.7 Å². The minimum Gasteiger partial charge on any atom is -0.493 e. The number of hydrogen-bond donors (Lipinski definition) is 1. The molecule has 3 aromatic rings. The van der Waals surface area contributed by atoms with E-state index >= 15 is 0 Å². The van der Waals surface area contributed by atoms with E-state index in [2.05, 4.69) is 31.4 Å². The molecule has 0 unspecified atom stereocenters. The highest BCUT2D eigenvalue weighted by Gasteiger charge is 2.13. The standard InChI is InChI=1S/C19H19BrN4O3S/c1-4-27-15-6-5-14(20)7-13(15)8-22-23-16(25)9-24-10-21-18-17(19(24)26)11(2)12(3)28-18/h5-8,10H,4,9H2,1-3H3,(H,23,25)/b22-8-. The van der Waals surface area contributed by atoms with Crippen molar-refractivity contribution in [3.63, 3.8) is 0 Å². The maximum Gasteiger partial charge on any atom is 0.262 e. The molecule has 0 aliphatic carbocycles. The van der Waals surface area contributed by atoms with Gasteiger partial charge in [-0.15, -0.1) is 11.3 Å². The Labute approximate surface area is 174 Å². The van der Waals surface area contributed by atoms with Gasteiger partial charge in [-0.05, 0) is 44.5 Å². The van der Waals surface area contributed by atoms with Crippen molar-refractivity contribution < 1.29 is 9.53 Å². The minimum absolute atomic E-state index is 0.162. The predicted molar refractivity (Wildman–Crippen MR) is 114 cm³/mol. The van der Waals surface area contributed by atoms with E-state index in [9.17, 15) is 9.59 Å². The normalized spacial score (nSPS) is 11.3. The van der Waals surface area contributed by atoms with Crippen LogP contribution in [0.2, 0.25) is 0 Å². The lowest BCUT2D eigenvalue weighted by Crippen LogP contribution is -2.30. The molecule has 0 aliphatic heterocycles. The summed E-state index contributed by atoms with van der Waals surface area (Å²) < 4.78 is 7.70. The first-order chi connectivity index (χ1) is 13.4. The summed E-state index contributed by atoms with van der Waals surface area (Å²) >= 11 is 4.87. The van der Waals surface area contributed by atoms with Gasteiger partial charge in [0.15, 0.2) is 0 Å². The van der Waals surface area contributed by atoms with Gasteiger partial charge in [0.1, 0.15) is 17.1 Å². The van der Waals surface area contributed by atoms with Crippen LogP contribution in [0.3, 0.4) is 0 Å². The van der Waals surface area contributed by atoms with Gasteiger partial charge < -0.3 is 4.74 Å². The van der Waals surface area contributed by atoms with Crippen molar-refractivity contribution in [3.8, 4) is 5.75 Å². The molecule has 9 heteroatoms. The van der Waals surface area contributed by atoms with Gasteiger partial charge >= 0.3 is 0 Å². The van der Waals surface area contributed by atoms with Gasteiger partial charge in [-0.3, -0.25) is 14.2 Å². The molecule has 0 aliphatic rings. The summed E-state index contributed by atoms with van der Waals surface area (Å²) in [6, 6.07) is 5.53. The van der Waals surface area contributed by atoms with Crippen LogP contribution in [-0.4, -0.2) is 28.3 Å². The molecule has 2 aromatic heterocycles. The topological polar surface area (TPSA) is 85.6 Å². The molecule has 1 N–H and O–H groups in total. The molecular formula is C19H19BrN4O3S. The van der Waals surface area contributed by atoms with Gasteiger partial charge in [0, 0.05) is 14.9 Å². The Bertz CT molecular complexity index is 1120. The monoisotopic (exact) mass is 462 g/mol. The number of aromatic nitrogens is 2. The van der Waals surface area contributed by atoms with Crippen LogP contribution in [-0.2, 0) is 11.3 Å². The largest absolute Gasteiger partial charge is 0.493 e. The van der Waals surface area contributed by atoms with Gasteiger partial charge in [0.25, 0.3) is 11.5 Å². The summed E-state index contributed by atoms with van der Waals surface area (Å²) in [6.07, 6.45) is 2.90. The third-order valence-corrected chi connectivity index (χ3v) is 5.74. The van der Waals surface area contributed by atoms with Gasteiger partial charge in [0.2, 0.25) is 0 Å². The van der Waals surface area contributed by atoms with Crippen molar-refractivity contribution in [2.45, 2.75) is 27.3 Å². The van der Waals surface area contributed by atoms with E-state index in [1.165, 1.54) is 28.4 Å². The van der Waals surface area contributed by atoms with Crippen LogP contribution in [0.4, 0.5) is 0 Å². The molecule has 0 bridgehead atoms. The fraction of sp³-hybridized carbons (Fsp3) is 0.263. The van der Waals surface area contributed by atoms with E-state index in [4.69, 9.17) is 4.74 Å². The fourth-order valence-corrected chi connectivity index (χ4v) is 4.02. The highest BCUT2D eigenvalue weighted by molar-refractivity contribution is 9.10. The maximum absolute atomic E-state index is 12.6. The molecular weight excluding hydrogens is 444 g/mol. The molecule has 3 rings (SSSR count). The van der Waals surface area contributed by atoms with Crippen molar-refractivity contribution >= 4 is 49.6 Å². The first kappa shape index (κ1) is 20.2. The maximum atomic E-state index is 12.6. The number of benzene rings is 1. The van der Waals surface area contributed by atoms with E-state index in [0.29, 0.717) is 22.6 Å². The fourth-order valence-electron chi connectivity index (χ4n) is 2.65. The number of hydrazone groups is 1. The van der Waals surface area contributed by atoms with E-state index in [-0.39, 0.29) is 12.1 Å². The number of rotatable bonds is 6. The molecule has 7 nitrogen and oxygen atoms in total. The number of halogens is 1. The van der Waals surface area contributed by atoms with Gasteiger partial charge in [0.05, 0.1) is 24.5 Å². The van der Waals surface area contributed by atoms with Crippen LogP contribution in [0, 0.1) is 13.8 Å². The van der Waals surface area contributed by atoms with E-state index in [1.807, 2.05) is 39.0 Å². The number of ether oxygens (including phenoxy) is 1. The van der Waals surface area contributed by atoms with E-state index < -0.39 is 5.91 Å². The zero-order valence-electron chi connectivity index (χ0n) is 15.7. The summed E-state index contributed by atoms with van der Waals surface area (Å²) in [6.45, 7) is 6.09. The number of fused-ring (bicyclic) bond motifs is 1. The first-order valence-electron chi connectivity index (χ1n) is 8.60. The summed E-state index contributed by atoms with van der Waals surface area (Å²) in [5, 5.41) is 4.54. The van der Waals surface area contributed by atoms with Crippen LogP contribution >= 0.6 is 27.3 Å². The highest BCUT2D eigenvalue weighted by atomic mass is 79.9. The van der Waals surface area contributed by atoms with E-state index in [1.54, 1.807) is 0 Å². The number of nitrogens with one attached hydrogen (secondary N) is 1. The second-order valence-electron chi connectivity index (χ2n) is 6.05. The number of aryl methyl sites for hydroxylation is 2. The third kappa shape index (κ3) is 4.31. The Morgan fingerprint density at radius 3 is 2.96 bits per heavy atom. The molecule has 146 valence electrons.